The molecule has 1 aliphatic heterocycles. The third-order valence-electron chi connectivity index (χ3n) is 7.73. The highest BCUT2D eigenvalue weighted by molar-refractivity contribution is 7.89. The fraction of sp³-hybridized carbons (Fsp3) is 0.654. The summed E-state index contributed by atoms with van der Waals surface area (Å²) in [5.41, 5.74) is 1.04. The molecule has 1 amide bonds. The van der Waals surface area contributed by atoms with Crippen molar-refractivity contribution in [2.45, 2.75) is 75.8 Å². The second kappa shape index (κ2) is 11.2. The molecule has 1 saturated carbocycles. The largest absolute Gasteiger partial charge is 0.356 e. The monoisotopic (exact) mass is 488 g/mol. The third kappa shape index (κ3) is 5.66. The number of benzene rings is 1. The highest BCUT2D eigenvalue weighted by Gasteiger charge is 2.32. The van der Waals surface area contributed by atoms with Crippen LogP contribution in [0.3, 0.4) is 0 Å². The van der Waals surface area contributed by atoms with E-state index in [0.29, 0.717) is 43.4 Å². The van der Waals surface area contributed by atoms with E-state index in [2.05, 4.69) is 28.8 Å². The van der Waals surface area contributed by atoms with Gasteiger partial charge in [-0.2, -0.15) is 4.31 Å². The Kier molecular flexibility index (Phi) is 8.32. The smallest absolute Gasteiger partial charge is 0.243 e. The Morgan fingerprint density at radius 1 is 1.09 bits per heavy atom. The van der Waals surface area contributed by atoms with Crippen molar-refractivity contribution in [1.82, 2.24) is 19.1 Å². The molecule has 0 spiro atoms. The van der Waals surface area contributed by atoms with Crippen molar-refractivity contribution in [3.8, 4) is 0 Å². The van der Waals surface area contributed by atoms with Crippen LogP contribution in [0.4, 0.5) is 0 Å². The third-order valence-corrected chi connectivity index (χ3v) is 9.63. The minimum absolute atomic E-state index is 0.0692. The number of carbonyl (C=O) groups excluding carboxylic acids is 1. The minimum Gasteiger partial charge on any atom is -0.356 e. The van der Waals surface area contributed by atoms with E-state index in [1.54, 1.807) is 12.1 Å². The van der Waals surface area contributed by atoms with Crippen LogP contribution in [0.2, 0.25) is 0 Å². The molecule has 7 nitrogen and oxygen atoms in total. The van der Waals surface area contributed by atoms with Crippen molar-refractivity contribution in [2.24, 2.45) is 5.92 Å². The standard InChI is InChI=1S/C26H40N4O3S/c1-3-29-17-12-22-20-24(10-11-25(22)29)34(32,33)30-18-13-21(14-19-30)26(31)27-15-7-16-28(2)23-8-5-4-6-9-23/h10-12,17,20-21,23H,3-9,13-16,18-19H2,1-2H3,(H,27,31). The zero-order valence-electron chi connectivity index (χ0n) is 20.7. The maximum atomic E-state index is 13.2. The van der Waals surface area contributed by atoms with Gasteiger partial charge < -0.3 is 14.8 Å². The lowest BCUT2D eigenvalue weighted by Gasteiger charge is -2.31. The normalized spacial score (nSPS) is 19.1. The molecule has 1 aromatic heterocycles. The molecule has 34 heavy (non-hydrogen) atoms. The Morgan fingerprint density at radius 2 is 1.82 bits per heavy atom. The molecular formula is C26H40N4O3S. The van der Waals surface area contributed by atoms with Crippen molar-refractivity contribution < 1.29 is 13.2 Å². The van der Waals surface area contributed by atoms with Crippen LogP contribution in [0.5, 0.6) is 0 Å². The van der Waals surface area contributed by atoms with Crippen LogP contribution in [-0.4, -0.2) is 67.4 Å². The Bertz CT molecular complexity index is 1070. The van der Waals surface area contributed by atoms with Gasteiger partial charge in [0.2, 0.25) is 15.9 Å². The van der Waals surface area contributed by atoms with E-state index < -0.39 is 10.0 Å². The summed E-state index contributed by atoms with van der Waals surface area (Å²) in [7, 11) is -1.36. The molecule has 0 radical (unpaired) electrons. The topological polar surface area (TPSA) is 74.6 Å². The number of nitrogens with zero attached hydrogens (tertiary/aromatic N) is 3. The lowest BCUT2D eigenvalue weighted by Crippen LogP contribution is -2.43. The molecule has 0 unspecified atom stereocenters. The quantitative estimate of drug-likeness (QED) is 0.545. The van der Waals surface area contributed by atoms with Gasteiger partial charge in [-0.25, -0.2) is 8.42 Å². The molecule has 1 aliphatic carbocycles. The van der Waals surface area contributed by atoms with Gasteiger partial charge in [0.15, 0.2) is 0 Å². The second-order valence-electron chi connectivity index (χ2n) is 9.92. The fourth-order valence-electron chi connectivity index (χ4n) is 5.51. The predicted octanol–water partition coefficient (Wildman–Crippen LogP) is 3.83. The van der Waals surface area contributed by atoms with E-state index in [1.807, 2.05) is 18.3 Å². The molecular weight excluding hydrogens is 448 g/mol. The van der Waals surface area contributed by atoms with Crippen molar-refractivity contribution in [2.75, 3.05) is 33.2 Å². The number of fused-ring (bicyclic) bond motifs is 1. The van der Waals surface area contributed by atoms with Crippen LogP contribution in [0.25, 0.3) is 10.9 Å². The number of sulfonamides is 1. The number of amides is 1. The van der Waals surface area contributed by atoms with E-state index in [9.17, 15) is 13.2 Å². The molecule has 2 aliphatic rings. The van der Waals surface area contributed by atoms with E-state index >= 15 is 0 Å². The van der Waals surface area contributed by atoms with Crippen LogP contribution >= 0.6 is 0 Å². The van der Waals surface area contributed by atoms with Gasteiger partial charge in [0, 0.05) is 55.2 Å². The summed E-state index contributed by atoms with van der Waals surface area (Å²) in [6.45, 7) is 5.39. The maximum Gasteiger partial charge on any atom is 0.243 e. The molecule has 4 rings (SSSR count). The van der Waals surface area contributed by atoms with Gasteiger partial charge in [0.1, 0.15) is 0 Å². The molecule has 2 aromatic rings. The number of carbonyl (C=O) groups is 1. The van der Waals surface area contributed by atoms with Crippen LogP contribution in [0.15, 0.2) is 35.4 Å². The van der Waals surface area contributed by atoms with E-state index in [1.165, 1.54) is 36.4 Å². The van der Waals surface area contributed by atoms with Gasteiger partial charge in [-0.3, -0.25) is 4.79 Å². The predicted molar refractivity (Wildman–Crippen MR) is 136 cm³/mol. The number of rotatable bonds is 9. The summed E-state index contributed by atoms with van der Waals surface area (Å²) in [6.07, 6.45) is 10.7. The van der Waals surface area contributed by atoms with Crippen LogP contribution in [-0.2, 0) is 21.4 Å². The van der Waals surface area contributed by atoms with Gasteiger partial charge in [-0.1, -0.05) is 19.3 Å². The summed E-state index contributed by atoms with van der Waals surface area (Å²) in [4.78, 5) is 15.4. The first-order valence-corrected chi connectivity index (χ1v) is 14.4. The number of nitrogens with one attached hydrogen (secondary N) is 1. The Balaban J connectivity index is 1.23. The van der Waals surface area contributed by atoms with Gasteiger partial charge in [-0.15, -0.1) is 0 Å². The van der Waals surface area contributed by atoms with Gasteiger partial charge >= 0.3 is 0 Å². The summed E-state index contributed by atoms with van der Waals surface area (Å²) in [5, 5.41) is 4.02. The molecule has 1 N–H and O–H groups in total. The first-order chi connectivity index (χ1) is 16.4. The van der Waals surface area contributed by atoms with Crippen LogP contribution in [0.1, 0.15) is 58.3 Å². The molecule has 2 fully saturated rings. The van der Waals surface area contributed by atoms with Crippen LogP contribution < -0.4 is 5.32 Å². The molecule has 0 atom stereocenters. The average molecular weight is 489 g/mol. The molecule has 8 heteroatoms. The molecule has 188 valence electrons. The minimum atomic E-state index is -3.55. The summed E-state index contributed by atoms with van der Waals surface area (Å²) in [5.74, 6) is -0.0386. The average Bonchev–Trinajstić information content (AvgIpc) is 3.29. The summed E-state index contributed by atoms with van der Waals surface area (Å²) < 4.78 is 30.0. The number of aromatic nitrogens is 1. The lowest BCUT2D eigenvalue weighted by molar-refractivity contribution is -0.126. The number of piperidine rings is 1. The Labute approximate surface area is 204 Å². The second-order valence-corrected chi connectivity index (χ2v) is 11.9. The van der Waals surface area contributed by atoms with Crippen molar-refractivity contribution in [3.05, 3.63) is 30.5 Å². The summed E-state index contributed by atoms with van der Waals surface area (Å²) >= 11 is 0. The molecule has 2 heterocycles. The number of hydrogen-bond donors (Lipinski definition) is 1. The van der Waals surface area contributed by atoms with E-state index in [-0.39, 0.29) is 11.8 Å². The maximum absolute atomic E-state index is 13.2. The fourth-order valence-corrected chi connectivity index (χ4v) is 7.02. The van der Waals surface area contributed by atoms with E-state index in [0.717, 1.165) is 30.4 Å². The van der Waals surface area contributed by atoms with Crippen molar-refractivity contribution >= 4 is 26.8 Å². The van der Waals surface area contributed by atoms with Crippen molar-refractivity contribution in [1.29, 1.82) is 0 Å². The Morgan fingerprint density at radius 3 is 2.53 bits per heavy atom. The summed E-state index contributed by atoms with van der Waals surface area (Å²) in [6, 6.07) is 8.01. The molecule has 0 bridgehead atoms. The van der Waals surface area contributed by atoms with Crippen LogP contribution in [0, 0.1) is 5.92 Å². The van der Waals surface area contributed by atoms with Gasteiger partial charge in [-0.05, 0) is 76.9 Å². The zero-order valence-corrected chi connectivity index (χ0v) is 21.5. The van der Waals surface area contributed by atoms with Gasteiger partial charge in [0.25, 0.3) is 0 Å². The first kappa shape index (κ1) is 25.2. The van der Waals surface area contributed by atoms with Crippen molar-refractivity contribution in [3.63, 3.8) is 0 Å². The SMILES string of the molecule is CCn1ccc2cc(S(=O)(=O)N3CCC(C(=O)NCCCN(C)C4CCCCC4)CC3)ccc21. The van der Waals surface area contributed by atoms with Gasteiger partial charge in [0.05, 0.1) is 4.90 Å². The number of aryl methyl sites for hydroxylation is 1. The first-order valence-electron chi connectivity index (χ1n) is 13.0. The van der Waals surface area contributed by atoms with E-state index in [4.69, 9.17) is 0 Å². The molecule has 1 saturated heterocycles. The zero-order chi connectivity index (χ0) is 24.1. The Hall–Kier alpha value is -1.90. The number of hydrogen-bond acceptors (Lipinski definition) is 4. The molecule has 1 aromatic carbocycles. The highest BCUT2D eigenvalue weighted by Crippen LogP contribution is 2.27. The lowest BCUT2D eigenvalue weighted by atomic mass is 9.94. The highest BCUT2D eigenvalue weighted by atomic mass is 32.2.